The Balaban J connectivity index is 1.96. The Morgan fingerprint density at radius 1 is 1.40 bits per heavy atom. The van der Waals surface area contributed by atoms with Gasteiger partial charge in [-0.25, -0.2) is 4.98 Å². The van der Waals surface area contributed by atoms with E-state index in [0.29, 0.717) is 12.0 Å². The van der Waals surface area contributed by atoms with Crippen LogP contribution < -0.4 is 5.73 Å². The van der Waals surface area contributed by atoms with E-state index in [4.69, 9.17) is 10.5 Å². The van der Waals surface area contributed by atoms with Gasteiger partial charge in [0.05, 0.1) is 24.7 Å². The molecule has 114 valence electrons. The fraction of sp³-hybridized carbons (Fsp3) is 0.812. The summed E-state index contributed by atoms with van der Waals surface area (Å²) in [4.78, 5) is 4.32. The van der Waals surface area contributed by atoms with Gasteiger partial charge in [-0.2, -0.15) is 0 Å². The van der Waals surface area contributed by atoms with Gasteiger partial charge in [0.25, 0.3) is 0 Å². The summed E-state index contributed by atoms with van der Waals surface area (Å²) in [7, 11) is 0. The van der Waals surface area contributed by atoms with Gasteiger partial charge < -0.3 is 15.0 Å². The summed E-state index contributed by atoms with van der Waals surface area (Å²) in [6.07, 6.45) is 8.67. The molecule has 0 aromatic carbocycles. The minimum atomic E-state index is 0.0487. The zero-order valence-corrected chi connectivity index (χ0v) is 13.1. The maximum atomic E-state index is 6.42. The van der Waals surface area contributed by atoms with Crippen LogP contribution in [0.2, 0.25) is 0 Å². The quantitative estimate of drug-likeness (QED) is 0.833. The second kappa shape index (κ2) is 7.23. The van der Waals surface area contributed by atoms with Crippen LogP contribution in [0.1, 0.15) is 64.2 Å². The van der Waals surface area contributed by atoms with Gasteiger partial charge in [0.15, 0.2) is 0 Å². The van der Waals surface area contributed by atoms with E-state index in [1.807, 2.05) is 12.5 Å². The minimum Gasteiger partial charge on any atom is -0.381 e. The number of nitrogens with zero attached hydrogens (tertiary/aromatic N) is 2. The number of imidazole rings is 1. The van der Waals surface area contributed by atoms with Gasteiger partial charge in [0.2, 0.25) is 0 Å². The molecular formula is C16H29N3O. The first-order valence-corrected chi connectivity index (χ1v) is 7.94. The van der Waals surface area contributed by atoms with E-state index < -0.39 is 0 Å². The zero-order chi connectivity index (χ0) is 14.5. The van der Waals surface area contributed by atoms with Crippen LogP contribution >= 0.6 is 0 Å². The van der Waals surface area contributed by atoms with Crippen LogP contribution in [0, 0.1) is 11.8 Å². The number of hydrogen-bond donors (Lipinski definition) is 1. The minimum absolute atomic E-state index is 0.0487. The smallest absolute Gasteiger partial charge is 0.0951 e. The van der Waals surface area contributed by atoms with Gasteiger partial charge in [-0.1, -0.05) is 26.7 Å². The van der Waals surface area contributed by atoms with E-state index in [-0.39, 0.29) is 6.04 Å². The van der Waals surface area contributed by atoms with E-state index >= 15 is 0 Å². The molecule has 0 bridgehead atoms. The lowest BCUT2D eigenvalue weighted by atomic mass is 9.96. The zero-order valence-electron chi connectivity index (χ0n) is 13.1. The maximum absolute atomic E-state index is 6.42. The van der Waals surface area contributed by atoms with E-state index in [2.05, 4.69) is 30.3 Å². The molecule has 0 saturated carbocycles. The van der Waals surface area contributed by atoms with Crippen molar-refractivity contribution in [1.82, 2.24) is 9.55 Å². The number of ether oxygens (including phenoxy) is 1. The molecule has 0 aliphatic carbocycles. The van der Waals surface area contributed by atoms with Crippen molar-refractivity contribution < 1.29 is 4.74 Å². The molecule has 1 aliphatic rings. The molecule has 2 heterocycles. The molecule has 1 saturated heterocycles. The summed E-state index contributed by atoms with van der Waals surface area (Å²) in [5.74, 6) is 1.22. The van der Waals surface area contributed by atoms with Crippen molar-refractivity contribution in [1.29, 1.82) is 0 Å². The first-order chi connectivity index (χ1) is 9.59. The lowest BCUT2D eigenvalue weighted by Gasteiger charge is -2.23. The predicted molar refractivity (Wildman–Crippen MR) is 81.5 cm³/mol. The van der Waals surface area contributed by atoms with Crippen LogP contribution in [0.15, 0.2) is 12.5 Å². The van der Waals surface area contributed by atoms with Crippen LogP contribution in [-0.4, -0.2) is 22.8 Å². The average Bonchev–Trinajstić information content (AvgIpc) is 3.08. The number of nitrogens with two attached hydrogens (primary N) is 1. The Morgan fingerprint density at radius 2 is 2.20 bits per heavy atom. The molecule has 1 fully saturated rings. The molecule has 0 spiro atoms. The molecule has 3 atom stereocenters. The molecule has 4 heteroatoms. The molecule has 2 N–H and O–H groups in total. The monoisotopic (exact) mass is 279 g/mol. The first-order valence-electron chi connectivity index (χ1n) is 7.94. The molecule has 4 nitrogen and oxygen atoms in total. The van der Waals surface area contributed by atoms with Crippen molar-refractivity contribution in [2.24, 2.45) is 17.6 Å². The summed E-state index contributed by atoms with van der Waals surface area (Å²) in [5.41, 5.74) is 7.58. The summed E-state index contributed by atoms with van der Waals surface area (Å²) in [6, 6.07) is 0.521. The normalized spacial score (nSPS) is 22.4. The first kappa shape index (κ1) is 15.5. The molecule has 0 radical (unpaired) electrons. The van der Waals surface area contributed by atoms with E-state index in [1.165, 1.54) is 19.3 Å². The van der Waals surface area contributed by atoms with Crippen LogP contribution in [0.25, 0.3) is 0 Å². The van der Waals surface area contributed by atoms with Crippen molar-refractivity contribution >= 4 is 0 Å². The molecule has 3 unspecified atom stereocenters. The Morgan fingerprint density at radius 3 is 2.85 bits per heavy atom. The van der Waals surface area contributed by atoms with Gasteiger partial charge in [-0.05, 0) is 25.7 Å². The highest BCUT2D eigenvalue weighted by Gasteiger charge is 2.27. The van der Waals surface area contributed by atoms with Crippen molar-refractivity contribution in [2.75, 3.05) is 13.2 Å². The third kappa shape index (κ3) is 3.83. The Hall–Kier alpha value is -0.870. The van der Waals surface area contributed by atoms with Crippen LogP contribution in [0.5, 0.6) is 0 Å². The van der Waals surface area contributed by atoms with Gasteiger partial charge >= 0.3 is 0 Å². The molecule has 0 amide bonds. The van der Waals surface area contributed by atoms with Crippen LogP contribution in [-0.2, 0) is 4.74 Å². The van der Waals surface area contributed by atoms with Crippen molar-refractivity contribution in [3.63, 3.8) is 0 Å². The van der Waals surface area contributed by atoms with E-state index in [1.54, 1.807) is 0 Å². The fourth-order valence-corrected chi connectivity index (χ4v) is 2.98. The summed E-state index contributed by atoms with van der Waals surface area (Å²) in [5, 5.41) is 0. The van der Waals surface area contributed by atoms with Crippen LogP contribution in [0.3, 0.4) is 0 Å². The standard InChI is InChI=1S/C16H29N3O/c1-12(2)5-4-6-13(3)19-11-18-9-15(19)16(17)14-7-8-20-10-14/h9,11-14,16H,4-8,10,17H2,1-3H3. The number of aromatic nitrogens is 2. The Kier molecular flexibility index (Phi) is 5.61. The van der Waals surface area contributed by atoms with Gasteiger partial charge in [-0.15, -0.1) is 0 Å². The lowest BCUT2D eigenvalue weighted by Crippen LogP contribution is -2.25. The lowest BCUT2D eigenvalue weighted by molar-refractivity contribution is 0.180. The maximum Gasteiger partial charge on any atom is 0.0951 e. The largest absolute Gasteiger partial charge is 0.381 e. The Bertz CT molecular complexity index is 396. The molecule has 1 aliphatic heterocycles. The third-order valence-corrected chi connectivity index (χ3v) is 4.39. The van der Waals surface area contributed by atoms with Gasteiger partial charge in [-0.3, -0.25) is 0 Å². The van der Waals surface area contributed by atoms with E-state index in [9.17, 15) is 0 Å². The SMILES string of the molecule is CC(C)CCCC(C)n1cncc1C(N)C1CCOC1. The molecule has 1 aromatic heterocycles. The topological polar surface area (TPSA) is 53.1 Å². The van der Waals surface area contributed by atoms with Gasteiger partial charge in [0, 0.05) is 24.8 Å². The number of rotatable bonds is 7. The molecule has 20 heavy (non-hydrogen) atoms. The van der Waals surface area contributed by atoms with Crippen LogP contribution in [0.4, 0.5) is 0 Å². The molecule has 2 rings (SSSR count). The third-order valence-electron chi connectivity index (χ3n) is 4.39. The second-order valence-electron chi connectivity index (χ2n) is 6.55. The van der Waals surface area contributed by atoms with Crippen molar-refractivity contribution in [2.45, 2.75) is 58.5 Å². The average molecular weight is 279 g/mol. The Labute approximate surface area is 122 Å². The van der Waals surface area contributed by atoms with Crippen molar-refractivity contribution in [3.05, 3.63) is 18.2 Å². The highest BCUT2D eigenvalue weighted by Crippen LogP contribution is 2.29. The molecular weight excluding hydrogens is 250 g/mol. The fourth-order valence-electron chi connectivity index (χ4n) is 2.98. The summed E-state index contributed by atoms with van der Waals surface area (Å²) >= 11 is 0. The number of hydrogen-bond acceptors (Lipinski definition) is 3. The van der Waals surface area contributed by atoms with E-state index in [0.717, 1.165) is 31.2 Å². The summed E-state index contributed by atoms with van der Waals surface area (Å²) < 4.78 is 7.73. The van der Waals surface area contributed by atoms with Gasteiger partial charge in [0.1, 0.15) is 0 Å². The second-order valence-corrected chi connectivity index (χ2v) is 6.55. The van der Waals surface area contributed by atoms with Crippen molar-refractivity contribution in [3.8, 4) is 0 Å². The summed E-state index contributed by atoms with van der Waals surface area (Å²) in [6.45, 7) is 8.46. The highest BCUT2D eigenvalue weighted by atomic mass is 16.5. The molecule has 1 aromatic rings. The highest BCUT2D eigenvalue weighted by molar-refractivity contribution is 5.08. The predicted octanol–water partition coefficient (Wildman–Crippen LogP) is 3.31.